The summed E-state index contributed by atoms with van der Waals surface area (Å²) in [5.41, 5.74) is 2.23. The SMILES string of the molecule is c1ccc2c(c1)nc(-c1nn[nH]n1)n2C1C[C@H]2CCC[C@@H](C1)N2C1C[C@H]2CCCC[C@@H](C1)C2. The molecular weight excluding hydrogens is 410 g/mol. The molecule has 1 aromatic carbocycles. The Kier molecular flexibility index (Phi) is 4.99. The van der Waals surface area contributed by atoms with Crippen molar-refractivity contribution in [2.75, 3.05) is 0 Å². The summed E-state index contributed by atoms with van der Waals surface area (Å²) < 4.78 is 2.45. The van der Waals surface area contributed by atoms with Crippen molar-refractivity contribution in [1.82, 2.24) is 35.1 Å². The maximum atomic E-state index is 4.95. The number of piperidine rings is 2. The quantitative estimate of drug-likeness (QED) is 0.605. The van der Waals surface area contributed by atoms with E-state index in [1.54, 1.807) is 0 Å². The first kappa shape index (κ1) is 20.1. The second-order valence-corrected chi connectivity index (χ2v) is 11.2. The molecule has 0 spiro atoms. The summed E-state index contributed by atoms with van der Waals surface area (Å²) in [5, 5.41) is 15.0. The molecule has 2 unspecified atom stereocenters. The number of nitrogens with zero attached hydrogens (tertiary/aromatic N) is 6. The summed E-state index contributed by atoms with van der Waals surface area (Å²) >= 11 is 0. The van der Waals surface area contributed by atoms with Crippen LogP contribution < -0.4 is 0 Å². The molecule has 4 bridgehead atoms. The zero-order valence-corrected chi connectivity index (χ0v) is 19.4. The van der Waals surface area contributed by atoms with E-state index in [9.17, 15) is 0 Å². The van der Waals surface area contributed by atoms with Crippen molar-refractivity contribution >= 4 is 11.0 Å². The first-order valence-corrected chi connectivity index (χ1v) is 13.3. The van der Waals surface area contributed by atoms with Crippen LogP contribution >= 0.6 is 0 Å². The molecule has 174 valence electrons. The van der Waals surface area contributed by atoms with Crippen LogP contribution in [-0.4, -0.2) is 53.2 Å². The normalized spacial score (nSPS) is 34.9. The number of imidazole rings is 1. The fraction of sp³-hybridized carbons (Fsp3) is 0.692. The number of hydrogen-bond acceptors (Lipinski definition) is 5. The maximum absolute atomic E-state index is 4.95. The van der Waals surface area contributed by atoms with Gasteiger partial charge in [0.05, 0.1) is 11.0 Å². The number of benzene rings is 1. The summed E-state index contributed by atoms with van der Waals surface area (Å²) in [4.78, 5) is 7.99. The Morgan fingerprint density at radius 1 is 0.758 bits per heavy atom. The van der Waals surface area contributed by atoms with Gasteiger partial charge in [-0.05, 0) is 74.1 Å². The van der Waals surface area contributed by atoms with E-state index in [1.807, 2.05) is 0 Å². The number of para-hydroxylation sites is 2. The first-order valence-electron chi connectivity index (χ1n) is 13.3. The number of aromatic amines is 1. The Balaban J connectivity index is 1.22. The summed E-state index contributed by atoms with van der Waals surface area (Å²) in [6.07, 6.45) is 16.8. The Bertz CT molecular complexity index is 1080. The van der Waals surface area contributed by atoms with Gasteiger partial charge in [-0.2, -0.15) is 5.21 Å². The van der Waals surface area contributed by atoms with Crippen molar-refractivity contribution in [3.05, 3.63) is 24.3 Å². The molecule has 0 radical (unpaired) electrons. The second kappa shape index (κ2) is 8.19. The predicted molar refractivity (Wildman–Crippen MR) is 128 cm³/mol. The van der Waals surface area contributed by atoms with Crippen LogP contribution in [0.2, 0.25) is 0 Å². The molecule has 7 nitrogen and oxygen atoms in total. The van der Waals surface area contributed by atoms with Gasteiger partial charge in [0, 0.05) is 24.2 Å². The van der Waals surface area contributed by atoms with Crippen LogP contribution in [0.25, 0.3) is 22.7 Å². The molecule has 33 heavy (non-hydrogen) atoms. The van der Waals surface area contributed by atoms with Crippen molar-refractivity contribution in [2.45, 2.75) is 101 Å². The zero-order valence-electron chi connectivity index (χ0n) is 19.4. The van der Waals surface area contributed by atoms with Gasteiger partial charge in [-0.15, -0.1) is 10.2 Å². The van der Waals surface area contributed by atoms with Crippen LogP contribution in [0.4, 0.5) is 0 Å². The second-order valence-electron chi connectivity index (χ2n) is 11.2. The average Bonchev–Trinajstić information content (AvgIpc) is 3.45. The van der Waals surface area contributed by atoms with Crippen LogP contribution in [0.3, 0.4) is 0 Å². The molecule has 2 aromatic heterocycles. The summed E-state index contributed by atoms with van der Waals surface area (Å²) in [6.45, 7) is 0. The fourth-order valence-electron chi connectivity index (χ4n) is 8.13. The van der Waals surface area contributed by atoms with Gasteiger partial charge in [0.1, 0.15) is 0 Å². The van der Waals surface area contributed by atoms with Gasteiger partial charge in [0.15, 0.2) is 5.82 Å². The predicted octanol–water partition coefficient (Wildman–Crippen LogP) is 5.13. The minimum absolute atomic E-state index is 0.448. The molecule has 2 aliphatic heterocycles. The van der Waals surface area contributed by atoms with Gasteiger partial charge in [0.2, 0.25) is 5.82 Å². The lowest BCUT2D eigenvalue weighted by atomic mass is 9.73. The van der Waals surface area contributed by atoms with Gasteiger partial charge in [0.25, 0.3) is 0 Å². The number of hydrogen-bond donors (Lipinski definition) is 1. The molecule has 7 rings (SSSR count). The topological polar surface area (TPSA) is 75.5 Å². The van der Waals surface area contributed by atoms with Gasteiger partial charge >= 0.3 is 0 Å². The lowest BCUT2D eigenvalue weighted by molar-refractivity contribution is -0.0415. The van der Waals surface area contributed by atoms with Crippen molar-refractivity contribution in [1.29, 1.82) is 0 Å². The Labute approximate surface area is 195 Å². The molecule has 6 atom stereocenters. The molecule has 3 aromatic rings. The number of rotatable bonds is 3. The van der Waals surface area contributed by atoms with Crippen LogP contribution in [0, 0.1) is 11.8 Å². The third-order valence-electron chi connectivity index (χ3n) is 9.29. The number of fused-ring (bicyclic) bond motifs is 5. The van der Waals surface area contributed by atoms with E-state index < -0.39 is 0 Å². The van der Waals surface area contributed by atoms with E-state index in [-0.39, 0.29) is 0 Å². The molecule has 2 saturated heterocycles. The number of nitrogens with one attached hydrogen (secondary N) is 1. The van der Waals surface area contributed by atoms with Crippen molar-refractivity contribution in [3.63, 3.8) is 0 Å². The molecule has 0 amide bonds. The van der Waals surface area contributed by atoms with E-state index in [0.29, 0.717) is 23.9 Å². The molecule has 2 aliphatic carbocycles. The largest absolute Gasteiger partial charge is 0.318 e. The first-order chi connectivity index (χ1) is 16.3. The third-order valence-corrected chi connectivity index (χ3v) is 9.29. The summed E-state index contributed by atoms with van der Waals surface area (Å²) in [6, 6.07) is 11.2. The monoisotopic (exact) mass is 445 g/mol. The maximum Gasteiger partial charge on any atom is 0.240 e. The minimum atomic E-state index is 0.448. The fourth-order valence-corrected chi connectivity index (χ4v) is 8.13. The molecule has 4 aliphatic rings. The van der Waals surface area contributed by atoms with Crippen LogP contribution in [0.1, 0.15) is 83.1 Å². The minimum Gasteiger partial charge on any atom is -0.318 e. The number of H-pyrrole nitrogens is 1. The lowest BCUT2D eigenvalue weighted by Crippen LogP contribution is -2.58. The van der Waals surface area contributed by atoms with Crippen molar-refractivity contribution in [2.24, 2.45) is 11.8 Å². The number of tetrazole rings is 1. The van der Waals surface area contributed by atoms with Crippen LogP contribution in [0.15, 0.2) is 24.3 Å². The van der Waals surface area contributed by atoms with Crippen LogP contribution in [0.5, 0.6) is 0 Å². The molecular formula is C26H35N7. The molecule has 7 heteroatoms. The highest BCUT2D eigenvalue weighted by Gasteiger charge is 2.45. The van der Waals surface area contributed by atoms with E-state index in [0.717, 1.165) is 29.2 Å². The van der Waals surface area contributed by atoms with E-state index in [4.69, 9.17) is 4.98 Å². The molecule has 4 heterocycles. The summed E-state index contributed by atoms with van der Waals surface area (Å²) in [5.74, 6) is 3.44. The Morgan fingerprint density at radius 2 is 1.52 bits per heavy atom. The Morgan fingerprint density at radius 3 is 2.24 bits per heavy atom. The van der Waals surface area contributed by atoms with E-state index >= 15 is 0 Å². The number of aromatic nitrogens is 6. The zero-order chi connectivity index (χ0) is 21.8. The molecule has 4 fully saturated rings. The average molecular weight is 446 g/mol. The van der Waals surface area contributed by atoms with Gasteiger partial charge in [-0.25, -0.2) is 4.98 Å². The van der Waals surface area contributed by atoms with Crippen LogP contribution in [-0.2, 0) is 0 Å². The molecule has 2 saturated carbocycles. The van der Waals surface area contributed by atoms with Gasteiger partial charge < -0.3 is 4.57 Å². The highest BCUT2D eigenvalue weighted by Crippen LogP contribution is 2.47. The molecule has 1 N–H and O–H groups in total. The van der Waals surface area contributed by atoms with Crippen molar-refractivity contribution < 1.29 is 0 Å². The smallest absolute Gasteiger partial charge is 0.240 e. The van der Waals surface area contributed by atoms with E-state index in [1.165, 1.54) is 82.6 Å². The van der Waals surface area contributed by atoms with Gasteiger partial charge in [-0.3, -0.25) is 4.90 Å². The van der Waals surface area contributed by atoms with E-state index in [2.05, 4.69) is 54.4 Å². The Hall–Kier alpha value is -2.28. The standard InChI is InChI=1S/C26H35N7/c1-2-7-18-12-17(6-1)13-21(14-18)32-19-8-5-9-20(32)16-22(15-19)33-24-11-4-3-10-23(24)27-26(33)25-28-30-31-29-25/h3-4,10-11,17-22H,1-2,5-9,12-16H2,(H,28,29,30,31)/t17-,18+,19-,20+,21?,22?. The summed E-state index contributed by atoms with van der Waals surface area (Å²) in [7, 11) is 0. The van der Waals surface area contributed by atoms with Gasteiger partial charge in [-0.1, -0.05) is 44.2 Å². The third kappa shape index (κ3) is 3.50. The van der Waals surface area contributed by atoms with Crippen molar-refractivity contribution in [3.8, 4) is 11.6 Å². The lowest BCUT2D eigenvalue weighted by Gasteiger charge is -2.54. The highest BCUT2D eigenvalue weighted by molar-refractivity contribution is 5.79. The highest BCUT2D eigenvalue weighted by atomic mass is 15.5.